The van der Waals surface area contributed by atoms with Crippen molar-refractivity contribution in [2.75, 3.05) is 19.8 Å². The average molecular weight is 411 g/mol. The predicted molar refractivity (Wildman–Crippen MR) is 109 cm³/mol. The lowest BCUT2D eigenvalue weighted by atomic mass is 10.1. The monoisotopic (exact) mass is 410 g/mol. The van der Waals surface area contributed by atoms with Gasteiger partial charge in [-0.1, -0.05) is 11.8 Å². The number of pyridine rings is 1. The molecular weight excluding hydrogens is 392 g/mol. The average Bonchev–Trinajstić information content (AvgIpc) is 3.21. The van der Waals surface area contributed by atoms with Gasteiger partial charge in [-0.2, -0.15) is 0 Å². The Bertz CT molecular complexity index is 1030. The van der Waals surface area contributed by atoms with Gasteiger partial charge >= 0.3 is 0 Å². The van der Waals surface area contributed by atoms with Crippen molar-refractivity contribution in [2.45, 2.75) is 22.9 Å². The summed E-state index contributed by atoms with van der Waals surface area (Å²) >= 11 is 3.25. The molecule has 0 atom stereocenters. The van der Waals surface area contributed by atoms with Gasteiger partial charge in [0.15, 0.2) is 11.5 Å². The van der Waals surface area contributed by atoms with Gasteiger partial charge in [-0.05, 0) is 53.8 Å². The second-order valence-electron chi connectivity index (χ2n) is 6.61. The fraction of sp³-hybridized carbons (Fsp3) is 0.238. The maximum absolute atomic E-state index is 13.2. The number of amides is 1. The van der Waals surface area contributed by atoms with E-state index in [-0.39, 0.29) is 5.91 Å². The maximum atomic E-state index is 13.2. The molecule has 1 amide bonds. The van der Waals surface area contributed by atoms with E-state index >= 15 is 0 Å². The van der Waals surface area contributed by atoms with Crippen LogP contribution in [0.25, 0.3) is 0 Å². The van der Waals surface area contributed by atoms with Crippen LogP contribution < -0.4 is 9.47 Å². The number of aromatic nitrogens is 1. The van der Waals surface area contributed by atoms with Crippen molar-refractivity contribution in [3.8, 4) is 11.5 Å². The first-order valence-corrected chi connectivity index (χ1v) is 10.8. The number of carbonyl (C=O) groups excluding carboxylic acids is 1. The first-order valence-electron chi connectivity index (χ1n) is 9.15. The number of ether oxygens (including phenoxy) is 2. The van der Waals surface area contributed by atoms with Crippen LogP contribution in [-0.4, -0.2) is 35.5 Å². The largest absolute Gasteiger partial charge is 0.486 e. The number of thiophene rings is 1. The number of hydrogen-bond donors (Lipinski definition) is 0. The summed E-state index contributed by atoms with van der Waals surface area (Å²) in [6.45, 7) is 2.53. The van der Waals surface area contributed by atoms with Crippen LogP contribution in [0, 0.1) is 0 Å². The molecule has 4 heterocycles. The summed E-state index contributed by atoms with van der Waals surface area (Å²) in [5.74, 6) is 1.53. The van der Waals surface area contributed by atoms with E-state index in [0.29, 0.717) is 30.3 Å². The zero-order chi connectivity index (χ0) is 18.9. The molecule has 5 rings (SSSR count). The highest BCUT2D eigenvalue weighted by Gasteiger charge is 2.25. The lowest BCUT2D eigenvalue weighted by molar-refractivity contribution is 0.0731. The summed E-state index contributed by atoms with van der Waals surface area (Å²) in [4.78, 5) is 22.0. The highest BCUT2D eigenvalue weighted by Crippen LogP contribution is 2.37. The molecule has 2 aromatic heterocycles. The van der Waals surface area contributed by atoms with Crippen LogP contribution in [0.4, 0.5) is 0 Å². The van der Waals surface area contributed by atoms with Gasteiger partial charge in [0, 0.05) is 29.1 Å². The normalized spacial score (nSPS) is 15.2. The third-order valence-corrected chi connectivity index (χ3v) is 6.86. The van der Waals surface area contributed by atoms with Crippen molar-refractivity contribution in [1.82, 2.24) is 9.88 Å². The van der Waals surface area contributed by atoms with E-state index in [4.69, 9.17) is 9.47 Å². The molecule has 0 bridgehead atoms. The van der Waals surface area contributed by atoms with Crippen LogP contribution in [0.5, 0.6) is 11.5 Å². The van der Waals surface area contributed by atoms with E-state index in [1.54, 1.807) is 17.5 Å². The van der Waals surface area contributed by atoms with Gasteiger partial charge in [0.25, 0.3) is 5.91 Å². The van der Waals surface area contributed by atoms with Crippen molar-refractivity contribution < 1.29 is 14.3 Å². The molecule has 0 N–H and O–H groups in total. The SMILES string of the molecule is O=C(c1cccnc1Sc1ccc2c(c1)OCCO2)N1CCc2sccc2C1. The molecule has 142 valence electrons. The van der Waals surface area contributed by atoms with E-state index in [1.165, 1.54) is 22.2 Å². The third kappa shape index (κ3) is 3.36. The maximum Gasteiger partial charge on any atom is 0.256 e. The highest BCUT2D eigenvalue weighted by atomic mass is 32.2. The van der Waals surface area contributed by atoms with Gasteiger partial charge in [-0.15, -0.1) is 11.3 Å². The van der Waals surface area contributed by atoms with Crippen LogP contribution in [0.15, 0.2) is 57.9 Å². The molecular formula is C21H18N2O3S2. The van der Waals surface area contributed by atoms with E-state index in [9.17, 15) is 4.79 Å². The second kappa shape index (κ2) is 7.48. The molecule has 0 radical (unpaired) electrons. The first kappa shape index (κ1) is 17.6. The van der Waals surface area contributed by atoms with Crippen molar-refractivity contribution in [1.29, 1.82) is 0 Å². The lowest BCUT2D eigenvalue weighted by Crippen LogP contribution is -2.35. The van der Waals surface area contributed by atoms with E-state index in [1.807, 2.05) is 35.2 Å². The summed E-state index contributed by atoms with van der Waals surface area (Å²) in [6.07, 6.45) is 2.65. The van der Waals surface area contributed by atoms with Gasteiger partial charge in [-0.25, -0.2) is 4.98 Å². The molecule has 2 aliphatic heterocycles. The predicted octanol–water partition coefficient (Wildman–Crippen LogP) is 4.26. The van der Waals surface area contributed by atoms with Crippen molar-refractivity contribution in [3.05, 3.63) is 64.0 Å². The van der Waals surface area contributed by atoms with Crippen molar-refractivity contribution in [2.24, 2.45) is 0 Å². The smallest absolute Gasteiger partial charge is 0.256 e. The van der Waals surface area contributed by atoms with Crippen LogP contribution >= 0.6 is 23.1 Å². The van der Waals surface area contributed by atoms with Crippen LogP contribution in [0.2, 0.25) is 0 Å². The molecule has 1 aromatic carbocycles. The van der Waals surface area contributed by atoms with E-state index in [0.717, 1.165) is 29.4 Å². The number of fused-ring (bicyclic) bond motifs is 2. The summed E-state index contributed by atoms with van der Waals surface area (Å²) in [5.41, 5.74) is 1.90. The molecule has 0 unspecified atom stereocenters. The van der Waals surface area contributed by atoms with Crippen LogP contribution in [0.1, 0.15) is 20.8 Å². The Balaban J connectivity index is 1.39. The number of nitrogens with zero attached hydrogens (tertiary/aromatic N) is 2. The van der Waals surface area contributed by atoms with E-state index < -0.39 is 0 Å². The van der Waals surface area contributed by atoms with E-state index in [2.05, 4.69) is 16.4 Å². The summed E-state index contributed by atoms with van der Waals surface area (Å²) in [7, 11) is 0. The second-order valence-corrected chi connectivity index (χ2v) is 8.67. The Kier molecular flexibility index (Phi) is 4.70. The van der Waals surface area contributed by atoms with Gasteiger partial charge in [0.1, 0.15) is 18.2 Å². The first-order chi connectivity index (χ1) is 13.8. The molecule has 5 nitrogen and oxygen atoms in total. The van der Waals surface area contributed by atoms with Gasteiger partial charge in [-0.3, -0.25) is 4.79 Å². The van der Waals surface area contributed by atoms with Crippen LogP contribution in [-0.2, 0) is 13.0 Å². The minimum Gasteiger partial charge on any atom is -0.486 e. The number of rotatable bonds is 3. The zero-order valence-electron chi connectivity index (χ0n) is 15.1. The fourth-order valence-corrected chi connectivity index (χ4v) is 5.22. The van der Waals surface area contributed by atoms with Gasteiger partial charge < -0.3 is 14.4 Å². The van der Waals surface area contributed by atoms with Gasteiger partial charge in [0.05, 0.1) is 5.56 Å². The topological polar surface area (TPSA) is 51.7 Å². The Labute approximate surface area is 171 Å². The van der Waals surface area contributed by atoms with Gasteiger partial charge in [0.2, 0.25) is 0 Å². The molecule has 0 saturated carbocycles. The number of benzene rings is 1. The minimum absolute atomic E-state index is 0.0324. The molecule has 3 aromatic rings. The van der Waals surface area contributed by atoms with Crippen molar-refractivity contribution in [3.63, 3.8) is 0 Å². The molecule has 0 fully saturated rings. The standard InChI is InChI=1S/C21H18N2O3S2/c24-21(23-8-5-19-14(13-23)6-11-27-19)16-2-1-7-22-20(16)28-15-3-4-17-18(12-15)26-10-9-25-17/h1-4,6-7,11-12H,5,8-10,13H2. The Morgan fingerprint density at radius 3 is 2.96 bits per heavy atom. The Morgan fingerprint density at radius 1 is 1.14 bits per heavy atom. The summed E-state index contributed by atoms with van der Waals surface area (Å²) in [5, 5.41) is 2.81. The molecule has 7 heteroatoms. The molecule has 0 saturated heterocycles. The lowest BCUT2D eigenvalue weighted by Gasteiger charge is -2.27. The summed E-state index contributed by atoms with van der Waals surface area (Å²) < 4.78 is 11.2. The molecule has 0 spiro atoms. The Hall–Kier alpha value is -2.51. The highest BCUT2D eigenvalue weighted by molar-refractivity contribution is 7.99. The Morgan fingerprint density at radius 2 is 2.04 bits per heavy atom. The number of hydrogen-bond acceptors (Lipinski definition) is 6. The molecule has 0 aliphatic carbocycles. The van der Waals surface area contributed by atoms with Crippen molar-refractivity contribution >= 4 is 29.0 Å². The van der Waals surface area contributed by atoms with Crippen LogP contribution in [0.3, 0.4) is 0 Å². The summed E-state index contributed by atoms with van der Waals surface area (Å²) in [6, 6.07) is 11.6. The quantitative estimate of drug-likeness (QED) is 0.646. The zero-order valence-corrected chi connectivity index (χ0v) is 16.7. The fourth-order valence-electron chi connectivity index (χ4n) is 3.43. The third-order valence-electron chi connectivity index (χ3n) is 4.82. The molecule has 2 aliphatic rings. The minimum atomic E-state index is 0.0324. The molecule has 28 heavy (non-hydrogen) atoms. The number of carbonyl (C=O) groups is 1.